The number of anilines is 2. The van der Waals surface area contributed by atoms with Crippen molar-refractivity contribution in [2.75, 3.05) is 11.4 Å². The van der Waals surface area contributed by atoms with Crippen LogP contribution < -0.4 is 10.2 Å². The maximum atomic E-state index is 3.60. The van der Waals surface area contributed by atoms with E-state index in [0.717, 1.165) is 19.5 Å². The summed E-state index contributed by atoms with van der Waals surface area (Å²) in [4.78, 5) is 2.45. The zero-order chi connectivity index (χ0) is 14.9. The lowest BCUT2D eigenvalue weighted by atomic mass is 10.1. The minimum Gasteiger partial charge on any atom is -0.341 e. The number of hydrogen-bond donors (Lipinski definition) is 1. The van der Waals surface area contributed by atoms with E-state index in [1.54, 1.807) is 0 Å². The fourth-order valence-corrected chi connectivity index (χ4v) is 2.87. The van der Waals surface area contributed by atoms with Crippen LogP contribution in [0, 0.1) is 0 Å². The van der Waals surface area contributed by atoms with Crippen molar-refractivity contribution in [2.24, 2.45) is 0 Å². The van der Waals surface area contributed by atoms with E-state index in [1.165, 1.54) is 22.5 Å². The monoisotopic (exact) mass is 280 g/mol. The van der Waals surface area contributed by atoms with Crippen LogP contribution in [-0.4, -0.2) is 12.1 Å². The largest absolute Gasteiger partial charge is 0.341 e. The van der Waals surface area contributed by atoms with Crippen molar-refractivity contribution in [1.29, 1.82) is 0 Å². The van der Waals surface area contributed by atoms with Gasteiger partial charge in [-0.25, -0.2) is 0 Å². The van der Waals surface area contributed by atoms with Gasteiger partial charge in [-0.1, -0.05) is 36.4 Å². The Morgan fingerprint density at radius 2 is 1.62 bits per heavy atom. The molecule has 0 aliphatic carbocycles. The molecule has 2 aromatic rings. The summed E-state index contributed by atoms with van der Waals surface area (Å²) in [6.07, 6.45) is 1.14. The molecule has 2 nitrogen and oxygen atoms in total. The molecule has 2 heteroatoms. The predicted molar refractivity (Wildman–Crippen MR) is 90.2 cm³/mol. The summed E-state index contributed by atoms with van der Waals surface area (Å²) in [7, 11) is 0. The van der Waals surface area contributed by atoms with E-state index in [4.69, 9.17) is 0 Å². The summed E-state index contributed by atoms with van der Waals surface area (Å²) in [6, 6.07) is 17.5. The van der Waals surface area contributed by atoms with Gasteiger partial charge in [0, 0.05) is 30.0 Å². The lowest BCUT2D eigenvalue weighted by molar-refractivity contribution is 0.424. The quantitative estimate of drug-likeness (QED) is 0.903. The Kier molecular flexibility index (Phi) is 3.73. The molecule has 110 valence electrons. The van der Waals surface area contributed by atoms with Gasteiger partial charge in [-0.05, 0) is 50.5 Å². The average molecular weight is 280 g/mol. The van der Waals surface area contributed by atoms with Crippen molar-refractivity contribution in [3.63, 3.8) is 0 Å². The van der Waals surface area contributed by atoms with Crippen molar-refractivity contribution in [1.82, 2.24) is 5.32 Å². The summed E-state index contributed by atoms with van der Waals surface area (Å²) in [5.74, 6) is 0. The van der Waals surface area contributed by atoms with Gasteiger partial charge in [0.05, 0.1) is 0 Å². The molecule has 0 saturated carbocycles. The van der Waals surface area contributed by atoms with Crippen LogP contribution in [0.3, 0.4) is 0 Å². The molecule has 1 heterocycles. The molecule has 0 atom stereocenters. The van der Waals surface area contributed by atoms with Gasteiger partial charge in [-0.2, -0.15) is 0 Å². The van der Waals surface area contributed by atoms with Gasteiger partial charge in [-0.15, -0.1) is 0 Å². The Morgan fingerprint density at radius 3 is 2.38 bits per heavy atom. The zero-order valence-corrected chi connectivity index (χ0v) is 13.2. The zero-order valence-electron chi connectivity index (χ0n) is 13.2. The van der Waals surface area contributed by atoms with Crippen LogP contribution in [0.25, 0.3) is 0 Å². The first kappa shape index (κ1) is 14.2. The molecule has 1 aliphatic rings. The van der Waals surface area contributed by atoms with E-state index in [9.17, 15) is 0 Å². The average Bonchev–Trinajstić information content (AvgIpc) is 2.88. The van der Waals surface area contributed by atoms with Crippen LogP contribution in [0.5, 0.6) is 0 Å². The van der Waals surface area contributed by atoms with E-state index < -0.39 is 0 Å². The first-order valence-electron chi connectivity index (χ1n) is 7.73. The molecule has 0 spiro atoms. The molecule has 1 aliphatic heterocycles. The van der Waals surface area contributed by atoms with Crippen molar-refractivity contribution in [3.8, 4) is 0 Å². The van der Waals surface area contributed by atoms with E-state index in [0.29, 0.717) is 0 Å². The van der Waals surface area contributed by atoms with E-state index in [1.807, 2.05) is 0 Å². The molecule has 0 radical (unpaired) electrons. The first-order chi connectivity index (χ1) is 10.0. The third-order valence-electron chi connectivity index (χ3n) is 3.98. The molecule has 21 heavy (non-hydrogen) atoms. The van der Waals surface area contributed by atoms with E-state index >= 15 is 0 Å². The minimum atomic E-state index is 0.135. The number of rotatable bonds is 3. The second kappa shape index (κ2) is 5.53. The topological polar surface area (TPSA) is 15.3 Å². The van der Waals surface area contributed by atoms with Crippen molar-refractivity contribution >= 4 is 11.4 Å². The lowest BCUT2D eigenvalue weighted by Gasteiger charge is -2.26. The molecular weight excluding hydrogens is 256 g/mol. The minimum absolute atomic E-state index is 0.135. The highest BCUT2D eigenvalue weighted by Crippen LogP contribution is 2.36. The van der Waals surface area contributed by atoms with Gasteiger partial charge in [0.1, 0.15) is 0 Å². The van der Waals surface area contributed by atoms with Crippen LogP contribution >= 0.6 is 0 Å². The molecule has 0 bridgehead atoms. The van der Waals surface area contributed by atoms with E-state index in [2.05, 4.69) is 79.5 Å². The molecule has 3 rings (SSSR count). The first-order valence-corrected chi connectivity index (χ1v) is 7.73. The molecular formula is C19H24N2. The van der Waals surface area contributed by atoms with Crippen LogP contribution in [-0.2, 0) is 13.0 Å². The van der Waals surface area contributed by atoms with Gasteiger partial charge in [0.2, 0.25) is 0 Å². The Bertz CT molecular complexity index is 625. The lowest BCUT2D eigenvalue weighted by Crippen LogP contribution is -2.35. The summed E-state index contributed by atoms with van der Waals surface area (Å²) in [5, 5.41) is 3.60. The number of hydrogen-bond acceptors (Lipinski definition) is 2. The smallest absolute Gasteiger partial charge is 0.0456 e. The van der Waals surface area contributed by atoms with Gasteiger partial charge in [0.25, 0.3) is 0 Å². The Morgan fingerprint density at radius 1 is 0.952 bits per heavy atom. The number of benzene rings is 2. The molecule has 0 aromatic heterocycles. The van der Waals surface area contributed by atoms with Crippen LogP contribution in [0.15, 0.2) is 48.5 Å². The summed E-state index contributed by atoms with van der Waals surface area (Å²) in [6.45, 7) is 8.60. The maximum Gasteiger partial charge on any atom is 0.0456 e. The van der Waals surface area contributed by atoms with Crippen molar-refractivity contribution < 1.29 is 0 Å². The Hall–Kier alpha value is -1.80. The summed E-state index contributed by atoms with van der Waals surface area (Å²) < 4.78 is 0. The SMILES string of the molecule is CC(C)(C)NCc1ccccc1N1CCc2ccccc21. The van der Waals surface area contributed by atoms with Gasteiger partial charge in [0.15, 0.2) is 0 Å². The number of fused-ring (bicyclic) bond motifs is 1. The van der Waals surface area contributed by atoms with Gasteiger partial charge >= 0.3 is 0 Å². The highest BCUT2D eigenvalue weighted by molar-refractivity contribution is 5.71. The van der Waals surface area contributed by atoms with Crippen molar-refractivity contribution in [2.45, 2.75) is 39.3 Å². The fourth-order valence-electron chi connectivity index (χ4n) is 2.87. The maximum absolute atomic E-state index is 3.60. The number of nitrogens with one attached hydrogen (secondary N) is 1. The standard InChI is InChI=1S/C19H24N2/c1-19(2,3)20-14-16-9-5-7-11-18(16)21-13-12-15-8-4-6-10-17(15)21/h4-11,20H,12-14H2,1-3H3. The highest BCUT2D eigenvalue weighted by atomic mass is 15.2. The molecule has 1 N–H and O–H groups in total. The van der Waals surface area contributed by atoms with Crippen LogP contribution in [0.1, 0.15) is 31.9 Å². The molecule has 0 amide bonds. The molecule has 2 aromatic carbocycles. The molecule has 0 unspecified atom stereocenters. The fraction of sp³-hybridized carbons (Fsp3) is 0.368. The van der Waals surface area contributed by atoms with Gasteiger partial charge in [-0.3, -0.25) is 0 Å². The summed E-state index contributed by atoms with van der Waals surface area (Å²) in [5.41, 5.74) is 5.65. The summed E-state index contributed by atoms with van der Waals surface area (Å²) >= 11 is 0. The van der Waals surface area contributed by atoms with Crippen LogP contribution in [0.2, 0.25) is 0 Å². The number of nitrogens with zero attached hydrogens (tertiary/aromatic N) is 1. The number of para-hydroxylation sites is 2. The third kappa shape index (κ3) is 3.11. The van der Waals surface area contributed by atoms with E-state index in [-0.39, 0.29) is 5.54 Å². The Labute approximate surface area is 127 Å². The van der Waals surface area contributed by atoms with Crippen molar-refractivity contribution in [3.05, 3.63) is 59.7 Å². The highest BCUT2D eigenvalue weighted by Gasteiger charge is 2.21. The molecule has 0 fully saturated rings. The Balaban J connectivity index is 1.90. The van der Waals surface area contributed by atoms with Crippen LogP contribution in [0.4, 0.5) is 11.4 Å². The second-order valence-electron chi connectivity index (χ2n) is 6.76. The predicted octanol–water partition coefficient (Wildman–Crippen LogP) is 4.27. The second-order valence-corrected chi connectivity index (χ2v) is 6.76. The third-order valence-corrected chi connectivity index (χ3v) is 3.98. The van der Waals surface area contributed by atoms with Gasteiger partial charge < -0.3 is 10.2 Å². The normalized spacial score (nSPS) is 14.3. The molecule has 0 saturated heterocycles.